The fraction of sp³-hybridized carbons (Fsp3) is 0.850. The third-order valence-corrected chi connectivity index (χ3v) is 9.57. The first-order valence-electron chi connectivity index (χ1n) is 20.3. The molecule has 0 spiro atoms. The smallest absolute Gasteiger partial charge is 0.462 e. The number of hydrogen-bond acceptors (Lipinski definition) is 8. The monoisotopic (exact) mass is 730 g/mol. The van der Waals surface area contributed by atoms with Gasteiger partial charge in [-0.15, -0.1) is 0 Å². The van der Waals surface area contributed by atoms with Crippen LogP contribution in [-0.2, 0) is 32.7 Å². The van der Waals surface area contributed by atoms with Gasteiger partial charge in [0.15, 0.2) is 6.10 Å². The lowest BCUT2D eigenvalue weighted by Crippen LogP contribution is -2.29. The molecule has 9 nitrogen and oxygen atoms in total. The number of carbonyl (C=O) groups is 2. The molecule has 0 aromatic rings. The van der Waals surface area contributed by atoms with Gasteiger partial charge in [-0.3, -0.25) is 18.6 Å². The Morgan fingerprint density at radius 3 is 1.54 bits per heavy atom. The summed E-state index contributed by atoms with van der Waals surface area (Å²) in [5.41, 5.74) is 5.33. The lowest BCUT2D eigenvalue weighted by atomic mass is 10.1. The van der Waals surface area contributed by atoms with E-state index in [-0.39, 0.29) is 38.6 Å². The Kier molecular flexibility index (Phi) is 36.1. The van der Waals surface area contributed by atoms with E-state index >= 15 is 0 Å². The molecular weight excluding hydrogens is 653 g/mol. The molecule has 0 aromatic carbocycles. The average Bonchev–Trinajstić information content (AvgIpc) is 3.10. The van der Waals surface area contributed by atoms with Crippen molar-refractivity contribution in [1.29, 1.82) is 0 Å². The summed E-state index contributed by atoms with van der Waals surface area (Å²) in [6, 6.07) is 0. The van der Waals surface area contributed by atoms with Gasteiger partial charge in [-0.2, -0.15) is 0 Å². The van der Waals surface area contributed by atoms with Crippen LogP contribution in [0.2, 0.25) is 0 Å². The van der Waals surface area contributed by atoms with Crippen molar-refractivity contribution in [2.75, 3.05) is 26.4 Å². The Labute approximate surface area is 306 Å². The number of allylic oxidation sites excluding steroid dienone is 4. The van der Waals surface area contributed by atoms with Gasteiger partial charge in [0.05, 0.1) is 13.2 Å². The summed E-state index contributed by atoms with van der Waals surface area (Å²) in [6.07, 6.45) is 37.7. The van der Waals surface area contributed by atoms with E-state index in [4.69, 9.17) is 24.3 Å². The van der Waals surface area contributed by atoms with Crippen LogP contribution in [-0.4, -0.2) is 49.3 Å². The van der Waals surface area contributed by atoms with E-state index in [0.717, 1.165) is 51.4 Å². The number of hydrogen-bond donors (Lipinski definition) is 2. The Morgan fingerprint density at radius 2 is 1.04 bits per heavy atom. The highest BCUT2D eigenvalue weighted by molar-refractivity contribution is 7.47. The minimum absolute atomic E-state index is 0.0533. The zero-order chi connectivity index (χ0) is 36.8. The molecule has 0 bridgehead atoms. The predicted octanol–water partition coefficient (Wildman–Crippen LogP) is 11.2. The highest BCUT2D eigenvalue weighted by atomic mass is 31.2. The molecule has 0 heterocycles. The van der Waals surface area contributed by atoms with Crippen LogP contribution in [0, 0.1) is 0 Å². The van der Waals surface area contributed by atoms with Crippen molar-refractivity contribution in [3.05, 3.63) is 24.3 Å². The zero-order valence-electron chi connectivity index (χ0n) is 32.1. The molecule has 0 fully saturated rings. The van der Waals surface area contributed by atoms with E-state index in [2.05, 4.69) is 38.2 Å². The molecule has 0 amide bonds. The van der Waals surface area contributed by atoms with Gasteiger partial charge in [-0.25, -0.2) is 4.57 Å². The van der Waals surface area contributed by atoms with Crippen LogP contribution in [0.5, 0.6) is 0 Å². The van der Waals surface area contributed by atoms with Gasteiger partial charge in [0, 0.05) is 19.4 Å². The maximum Gasteiger partial charge on any atom is 0.472 e. The van der Waals surface area contributed by atoms with Crippen molar-refractivity contribution >= 4 is 19.8 Å². The van der Waals surface area contributed by atoms with Crippen molar-refractivity contribution < 1.29 is 37.6 Å². The summed E-state index contributed by atoms with van der Waals surface area (Å²) in [4.78, 5) is 34.7. The lowest BCUT2D eigenvalue weighted by molar-refractivity contribution is -0.161. The summed E-state index contributed by atoms with van der Waals surface area (Å²) in [5.74, 6) is -0.834. The number of nitrogens with two attached hydrogens (primary N) is 1. The molecule has 10 heteroatoms. The van der Waals surface area contributed by atoms with Crippen molar-refractivity contribution in [3.63, 3.8) is 0 Å². The quantitative estimate of drug-likeness (QED) is 0.0275. The largest absolute Gasteiger partial charge is 0.472 e. The molecule has 0 saturated carbocycles. The Balaban J connectivity index is 4.17. The van der Waals surface area contributed by atoms with E-state index in [0.29, 0.717) is 6.42 Å². The Morgan fingerprint density at radius 1 is 0.600 bits per heavy atom. The molecule has 294 valence electrons. The van der Waals surface area contributed by atoms with Crippen LogP contribution in [0.4, 0.5) is 0 Å². The highest BCUT2D eigenvalue weighted by Gasteiger charge is 2.26. The van der Waals surface area contributed by atoms with Crippen molar-refractivity contribution in [1.82, 2.24) is 0 Å². The number of phosphoric acid groups is 1. The molecule has 0 aliphatic rings. The van der Waals surface area contributed by atoms with E-state index in [9.17, 15) is 19.0 Å². The first kappa shape index (κ1) is 48.5. The molecule has 2 atom stereocenters. The molecule has 0 radical (unpaired) electrons. The minimum Gasteiger partial charge on any atom is -0.462 e. The minimum atomic E-state index is -4.37. The lowest BCUT2D eigenvalue weighted by Gasteiger charge is -2.19. The molecule has 0 aromatic heterocycles. The number of carbonyl (C=O) groups excluding carboxylic acids is 2. The first-order chi connectivity index (χ1) is 24.3. The highest BCUT2D eigenvalue weighted by Crippen LogP contribution is 2.43. The second-order valence-corrected chi connectivity index (χ2v) is 15.0. The first-order valence-corrected chi connectivity index (χ1v) is 21.8. The molecule has 3 N–H and O–H groups in total. The number of esters is 2. The van der Waals surface area contributed by atoms with Crippen molar-refractivity contribution in [3.8, 4) is 0 Å². The van der Waals surface area contributed by atoms with Gasteiger partial charge < -0.3 is 20.1 Å². The summed E-state index contributed by atoms with van der Waals surface area (Å²) >= 11 is 0. The molecular formula is C40H76NO8P. The van der Waals surface area contributed by atoms with Gasteiger partial charge in [-0.05, 0) is 44.9 Å². The van der Waals surface area contributed by atoms with Crippen LogP contribution in [0.3, 0.4) is 0 Å². The zero-order valence-corrected chi connectivity index (χ0v) is 33.0. The SMILES string of the molecule is CCCCCC/C=C\C/C=C\CCCCCCCCCC(=O)OC(COC(=O)CCCCCCCCCCCCC)COP(=O)(O)OCCN. The van der Waals surface area contributed by atoms with Crippen LogP contribution in [0.15, 0.2) is 24.3 Å². The topological polar surface area (TPSA) is 134 Å². The van der Waals surface area contributed by atoms with Crippen molar-refractivity contribution in [2.24, 2.45) is 5.73 Å². The van der Waals surface area contributed by atoms with Crippen LogP contribution >= 0.6 is 7.82 Å². The summed E-state index contributed by atoms with van der Waals surface area (Å²) in [5, 5.41) is 0. The fourth-order valence-corrected chi connectivity index (χ4v) is 6.31. The molecule has 50 heavy (non-hydrogen) atoms. The van der Waals surface area contributed by atoms with Crippen LogP contribution < -0.4 is 5.73 Å². The Bertz CT molecular complexity index is 881. The molecule has 0 saturated heterocycles. The third-order valence-electron chi connectivity index (χ3n) is 8.59. The Hall–Kier alpha value is -1.51. The summed E-state index contributed by atoms with van der Waals surface area (Å²) < 4.78 is 32.7. The number of ether oxygens (including phenoxy) is 2. The van der Waals surface area contributed by atoms with Gasteiger partial charge in [-0.1, -0.05) is 154 Å². The van der Waals surface area contributed by atoms with Gasteiger partial charge in [0.25, 0.3) is 0 Å². The summed E-state index contributed by atoms with van der Waals surface area (Å²) in [6.45, 7) is 3.70. The predicted molar refractivity (Wildman–Crippen MR) is 206 cm³/mol. The van der Waals surface area contributed by atoms with Gasteiger partial charge >= 0.3 is 19.8 Å². The molecule has 0 aliphatic carbocycles. The summed E-state index contributed by atoms with van der Waals surface area (Å²) in [7, 11) is -4.37. The van der Waals surface area contributed by atoms with Gasteiger partial charge in [0.1, 0.15) is 6.61 Å². The van der Waals surface area contributed by atoms with E-state index < -0.39 is 26.5 Å². The molecule has 2 unspecified atom stereocenters. The average molecular weight is 730 g/mol. The van der Waals surface area contributed by atoms with Crippen LogP contribution in [0.25, 0.3) is 0 Å². The number of rotatable bonds is 38. The second kappa shape index (κ2) is 37.3. The maximum atomic E-state index is 12.5. The number of phosphoric ester groups is 1. The third kappa shape index (κ3) is 36.3. The van der Waals surface area contributed by atoms with Crippen LogP contribution in [0.1, 0.15) is 187 Å². The molecule has 0 aliphatic heterocycles. The normalized spacial score (nSPS) is 13.6. The van der Waals surface area contributed by atoms with Crippen molar-refractivity contribution in [2.45, 2.75) is 193 Å². The van der Waals surface area contributed by atoms with E-state index in [1.807, 2.05) is 0 Å². The van der Waals surface area contributed by atoms with Gasteiger partial charge in [0.2, 0.25) is 0 Å². The second-order valence-electron chi connectivity index (χ2n) is 13.5. The maximum absolute atomic E-state index is 12.5. The molecule has 0 rings (SSSR count). The van der Waals surface area contributed by atoms with E-state index in [1.165, 1.54) is 103 Å². The fourth-order valence-electron chi connectivity index (χ4n) is 5.55. The standard InChI is InChI=1S/C40H76NO8P/c1-3-5-7-9-11-13-15-16-17-18-19-20-21-23-25-27-29-31-33-40(43)49-38(37-48-50(44,45)47-35-34-41)36-46-39(42)32-30-28-26-24-22-14-12-10-8-6-4-2/h13,15,17-18,38H,3-12,14,16,19-37,41H2,1-2H3,(H,44,45)/b15-13-,18-17-. The number of unbranched alkanes of at least 4 members (excludes halogenated alkanes) is 21. The van der Waals surface area contributed by atoms with E-state index in [1.54, 1.807) is 0 Å².